The molecule has 0 fully saturated rings. The van der Waals surface area contributed by atoms with Gasteiger partial charge >= 0.3 is 0 Å². The van der Waals surface area contributed by atoms with Crippen molar-refractivity contribution in [1.82, 2.24) is 0 Å². The fourth-order valence-corrected chi connectivity index (χ4v) is 1.37. The lowest BCUT2D eigenvalue weighted by Gasteiger charge is -2.22. The molecule has 0 saturated heterocycles. The van der Waals surface area contributed by atoms with Crippen molar-refractivity contribution >= 4 is 11.4 Å². The van der Waals surface area contributed by atoms with Crippen LogP contribution in [0.3, 0.4) is 0 Å². The Hall–Kier alpha value is -1.29. The average Bonchev–Trinajstić information content (AvgIpc) is 2.12. The summed E-state index contributed by atoms with van der Waals surface area (Å²) >= 11 is 0. The molecule has 0 aliphatic rings. The fourth-order valence-electron chi connectivity index (χ4n) is 1.37. The number of hydrogen-bond acceptors (Lipinski definition) is 3. The molecule has 0 aromatic heterocycles. The van der Waals surface area contributed by atoms with Crippen molar-refractivity contribution < 1.29 is 9.50 Å². The van der Waals surface area contributed by atoms with Gasteiger partial charge in [0.2, 0.25) is 0 Å². The lowest BCUT2D eigenvalue weighted by Crippen LogP contribution is -2.26. The quantitative estimate of drug-likeness (QED) is 0.715. The Morgan fingerprint density at radius 3 is 2.64 bits per heavy atom. The van der Waals surface area contributed by atoms with Gasteiger partial charge in [-0.25, -0.2) is 4.39 Å². The highest BCUT2D eigenvalue weighted by atomic mass is 19.1. The third kappa shape index (κ3) is 2.60. The van der Waals surface area contributed by atoms with Crippen LogP contribution in [0.4, 0.5) is 15.8 Å². The van der Waals surface area contributed by atoms with Gasteiger partial charge in [0, 0.05) is 24.5 Å². The first-order valence-corrected chi connectivity index (χ1v) is 4.59. The Bertz CT molecular complexity index is 284. The minimum atomic E-state index is -0.351. The normalized spacial score (nSPS) is 10.2. The lowest BCUT2D eigenvalue weighted by atomic mass is 10.2. The van der Waals surface area contributed by atoms with Gasteiger partial charge in [0.05, 0.1) is 6.61 Å². The summed E-state index contributed by atoms with van der Waals surface area (Å²) in [6, 6.07) is 4.38. The minimum absolute atomic E-state index is 0.0459. The van der Waals surface area contributed by atoms with Crippen molar-refractivity contribution in [2.24, 2.45) is 0 Å². The highest BCUT2D eigenvalue weighted by molar-refractivity contribution is 5.56. The third-order valence-corrected chi connectivity index (χ3v) is 2.02. The van der Waals surface area contributed by atoms with Crippen LogP contribution in [-0.4, -0.2) is 24.8 Å². The van der Waals surface area contributed by atoms with Crippen LogP contribution in [0.25, 0.3) is 0 Å². The zero-order valence-corrected chi connectivity index (χ0v) is 8.20. The summed E-state index contributed by atoms with van der Waals surface area (Å²) in [5.41, 5.74) is 6.63. The lowest BCUT2D eigenvalue weighted by molar-refractivity contribution is 0.302. The fraction of sp³-hybridized carbons (Fsp3) is 0.400. The van der Waals surface area contributed by atoms with Gasteiger partial charge < -0.3 is 15.7 Å². The molecule has 1 aromatic carbocycles. The average molecular weight is 198 g/mol. The van der Waals surface area contributed by atoms with Gasteiger partial charge in [0.25, 0.3) is 0 Å². The van der Waals surface area contributed by atoms with Crippen LogP contribution in [0.1, 0.15) is 6.92 Å². The van der Waals surface area contributed by atoms with Gasteiger partial charge in [-0.2, -0.15) is 0 Å². The predicted molar refractivity (Wildman–Crippen MR) is 55.8 cm³/mol. The number of rotatable bonds is 4. The SMILES string of the molecule is CCN(CCO)c1cc(N)cc(F)c1. The largest absolute Gasteiger partial charge is 0.399 e. The van der Waals surface area contributed by atoms with Gasteiger partial charge in [-0.15, -0.1) is 0 Å². The molecular weight excluding hydrogens is 183 g/mol. The van der Waals surface area contributed by atoms with Crippen molar-refractivity contribution in [2.45, 2.75) is 6.92 Å². The maximum Gasteiger partial charge on any atom is 0.127 e. The molecule has 3 N–H and O–H groups in total. The van der Waals surface area contributed by atoms with E-state index in [1.165, 1.54) is 12.1 Å². The van der Waals surface area contributed by atoms with Gasteiger partial charge in [0.1, 0.15) is 5.82 Å². The molecular formula is C10H15FN2O. The number of nitrogens with two attached hydrogens (primary N) is 1. The molecule has 0 radical (unpaired) electrons. The van der Waals surface area contributed by atoms with E-state index in [1.54, 1.807) is 6.07 Å². The molecule has 1 rings (SSSR count). The monoisotopic (exact) mass is 198 g/mol. The Balaban J connectivity index is 2.91. The first-order valence-electron chi connectivity index (χ1n) is 4.59. The van der Waals surface area contributed by atoms with E-state index in [9.17, 15) is 4.39 Å². The number of aliphatic hydroxyl groups excluding tert-OH is 1. The number of hydrogen-bond donors (Lipinski definition) is 2. The third-order valence-electron chi connectivity index (χ3n) is 2.02. The maximum absolute atomic E-state index is 13.0. The van der Waals surface area contributed by atoms with Gasteiger partial charge in [-0.3, -0.25) is 0 Å². The van der Waals surface area contributed by atoms with Crippen LogP contribution in [0.5, 0.6) is 0 Å². The predicted octanol–water partition coefficient (Wildman–Crippen LogP) is 1.23. The maximum atomic E-state index is 13.0. The molecule has 0 aliphatic heterocycles. The van der Waals surface area contributed by atoms with Crippen LogP contribution in [-0.2, 0) is 0 Å². The second-order valence-electron chi connectivity index (χ2n) is 3.05. The van der Waals surface area contributed by atoms with Crippen molar-refractivity contribution in [1.29, 1.82) is 0 Å². The Morgan fingerprint density at radius 2 is 2.14 bits per heavy atom. The van der Waals surface area contributed by atoms with Crippen LogP contribution < -0.4 is 10.6 Å². The summed E-state index contributed by atoms with van der Waals surface area (Å²) in [4.78, 5) is 1.86. The molecule has 0 bridgehead atoms. The van der Waals surface area contributed by atoms with E-state index in [2.05, 4.69) is 0 Å². The summed E-state index contributed by atoms with van der Waals surface area (Å²) in [7, 11) is 0. The summed E-state index contributed by atoms with van der Waals surface area (Å²) < 4.78 is 13.0. The molecule has 14 heavy (non-hydrogen) atoms. The molecule has 0 heterocycles. The Labute approximate surface area is 83.0 Å². The highest BCUT2D eigenvalue weighted by Crippen LogP contribution is 2.19. The summed E-state index contributed by atoms with van der Waals surface area (Å²) in [5, 5.41) is 8.80. The number of nitrogen functional groups attached to an aromatic ring is 1. The molecule has 78 valence electrons. The summed E-state index contributed by atoms with van der Waals surface area (Å²) in [5.74, 6) is -0.351. The van der Waals surface area contributed by atoms with E-state index in [4.69, 9.17) is 10.8 Å². The van der Waals surface area contributed by atoms with Crippen LogP contribution >= 0.6 is 0 Å². The number of anilines is 2. The molecule has 0 aliphatic carbocycles. The summed E-state index contributed by atoms with van der Waals surface area (Å²) in [6.07, 6.45) is 0. The van der Waals surface area contributed by atoms with Crippen molar-refractivity contribution in [3.63, 3.8) is 0 Å². The Morgan fingerprint density at radius 1 is 1.43 bits per heavy atom. The molecule has 0 saturated carbocycles. The van der Waals surface area contributed by atoms with E-state index in [1.807, 2.05) is 11.8 Å². The number of likely N-dealkylation sites (N-methyl/N-ethyl adjacent to an activating group) is 1. The Kier molecular flexibility index (Phi) is 3.71. The second kappa shape index (κ2) is 4.81. The number of benzene rings is 1. The molecule has 1 aromatic rings. The zero-order chi connectivity index (χ0) is 10.6. The van der Waals surface area contributed by atoms with Crippen LogP contribution in [0.2, 0.25) is 0 Å². The van der Waals surface area contributed by atoms with Gasteiger partial charge in [-0.05, 0) is 25.1 Å². The van der Waals surface area contributed by atoms with Gasteiger partial charge in [-0.1, -0.05) is 0 Å². The molecule has 0 atom stereocenters. The second-order valence-corrected chi connectivity index (χ2v) is 3.05. The van der Waals surface area contributed by atoms with E-state index < -0.39 is 0 Å². The number of nitrogens with zero attached hydrogens (tertiary/aromatic N) is 1. The summed E-state index contributed by atoms with van der Waals surface area (Å²) in [6.45, 7) is 3.18. The molecule has 3 nitrogen and oxygen atoms in total. The minimum Gasteiger partial charge on any atom is -0.399 e. The molecule has 0 spiro atoms. The van der Waals surface area contributed by atoms with Crippen LogP contribution in [0, 0.1) is 5.82 Å². The molecule has 0 amide bonds. The number of halogens is 1. The highest BCUT2D eigenvalue weighted by Gasteiger charge is 2.05. The van der Waals surface area contributed by atoms with Crippen LogP contribution in [0.15, 0.2) is 18.2 Å². The molecule has 0 unspecified atom stereocenters. The van der Waals surface area contributed by atoms with Crippen molar-refractivity contribution in [3.8, 4) is 0 Å². The van der Waals surface area contributed by atoms with E-state index in [0.29, 0.717) is 24.5 Å². The first-order chi connectivity index (χ1) is 6.67. The number of aliphatic hydroxyl groups is 1. The zero-order valence-electron chi connectivity index (χ0n) is 8.20. The van der Waals surface area contributed by atoms with E-state index >= 15 is 0 Å². The molecule has 4 heteroatoms. The van der Waals surface area contributed by atoms with E-state index in [-0.39, 0.29) is 12.4 Å². The van der Waals surface area contributed by atoms with E-state index in [0.717, 1.165) is 0 Å². The van der Waals surface area contributed by atoms with Crippen molar-refractivity contribution in [3.05, 3.63) is 24.0 Å². The standard InChI is InChI=1S/C10H15FN2O/c1-2-13(3-4-14)10-6-8(11)5-9(12)7-10/h5-7,14H,2-4,12H2,1H3. The first kappa shape index (κ1) is 10.8. The topological polar surface area (TPSA) is 49.5 Å². The smallest absolute Gasteiger partial charge is 0.127 e. The van der Waals surface area contributed by atoms with Crippen molar-refractivity contribution in [2.75, 3.05) is 30.3 Å². The van der Waals surface area contributed by atoms with Gasteiger partial charge in [0.15, 0.2) is 0 Å².